The first kappa shape index (κ1) is 18.3. The highest BCUT2D eigenvalue weighted by Crippen LogP contribution is 2.29. The Bertz CT molecular complexity index is 920. The minimum atomic E-state index is 0.184. The number of nitrogens with zero attached hydrogens (tertiary/aromatic N) is 3. The van der Waals surface area contributed by atoms with Crippen molar-refractivity contribution in [2.75, 3.05) is 26.2 Å². The molecule has 1 saturated heterocycles. The predicted molar refractivity (Wildman–Crippen MR) is 112 cm³/mol. The molecule has 5 heteroatoms. The summed E-state index contributed by atoms with van der Waals surface area (Å²) in [5, 5.41) is 0. The van der Waals surface area contributed by atoms with Crippen molar-refractivity contribution >= 4 is 27.5 Å². The van der Waals surface area contributed by atoms with E-state index in [9.17, 15) is 4.79 Å². The predicted octanol–water partition coefficient (Wildman–Crippen LogP) is 4.38. The van der Waals surface area contributed by atoms with Gasteiger partial charge in [0.1, 0.15) is 5.69 Å². The van der Waals surface area contributed by atoms with Crippen LogP contribution in [-0.4, -0.2) is 46.5 Å². The van der Waals surface area contributed by atoms with Crippen LogP contribution in [0, 0.1) is 6.92 Å². The maximum atomic E-state index is 13.2. The van der Waals surface area contributed by atoms with E-state index in [0.29, 0.717) is 0 Å². The highest BCUT2D eigenvalue weighted by molar-refractivity contribution is 7.19. The van der Waals surface area contributed by atoms with Crippen LogP contribution in [0.2, 0.25) is 0 Å². The van der Waals surface area contributed by atoms with Crippen molar-refractivity contribution in [1.82, 2.24) is 14.4 Å². The van der Waals surface area contributed by atoms with E-state index in [4.69, 9.17) is 0 Å². The highest BCUT2D eigenvalue weighted by Gasteiger charge is 2.25. The Morgan fingerprint density at radius 2 is 1.81 bits per heavy atom. The zero-order valence-electron chi connectivity index (χ0n) is 16.1. The molecule has 0 N–H and O–H groups in total. The number of hydrogen-bond acceptors (Lipinski definition) is 3. The third-order valence-electron chi connectivity index (χ3n) is 5.29. The van der Waals surface area contributed by atoms with Gasteiger partial charge in [0.25, 0.3) is 5.91 Å². The number of carbonyl (C=O) groups is 1. The smallest absolute Gasteiger partial charge is 0.270 e. The van der Waals surface area contributed by atoms with E-state index in [1.165, 1.54) is 20.7 Å². The summed E-state index contributed by atoms with van der Waals surface area (Å²) >= 11 is 1.78. The normalized spacial score (nSPS) is 15.6. The van der Waals surface area contributed by atoms with Crippen molar-refractivity contribution in [2.24, 2.45) is 0 Å². The van der Waals surface area contributed by atoms with Gasteiger partial charge in [-0.1, -0.05) is 37.3 Å². The molecule has 1 aliphatic heterocycles. The molecule has 0 spiro atoms. The summed E-state index contributed by atoms with van der Waals surface area (Å²) in [7, 11) is 0. The molecule has 0 saturated carbocycles. The first-order valence-electron chi connectivity index (χ1n) is 9.81. The van der Waals surface area contributed by atoms with Crippen LogP contribution >= 0.6 is 11.3 Å². The number of thiophene rings is 1. The molecule has 1 aromatic carbocycles. The van der Waals surface area contributed by atoms with Gasteiger partial charge >= 0.3 is 0 Å². The van der Waals surface area contributed by atoms with Gasteiger partial charge in [0.05, 0.1) is 10.2 Å². The van der Waals surface area contributed by atoms with Crippen molar-refractivity contribution in [3.8, 4) is 0 Å². The van der Waals surface area contributed by atoms with Gasteiger partial charge in [-0.3, -0.25) is 9.69 Å². The number of amides is 1. The maximum absolute atomic E-state index is 13.2. The molecular weight excluding hydrogens is 354 g/mol. The van der Waals surface area contributed by atoms with Crippen LogP contribution in [0.1, 0.15) is 34.3 Å². The van der Waals surface area contributed by atoms with Crippen LogP contribution in [0.5, 0.6) is 0 Å². The first-order valence-corrected chi connectivity index (χ1v) is 10.6. The lowest BCUT2D eigenvalue weighted by molar-refractivity contribution is 0.0618. The number of fused-ring (bicyclic) bond motifs is 1. The largest absolute Gasteiger partial charge is 0.336 e. The molecule has 4 nitrogen and oxygen atoms in total. The van der Waals surface area contributed by atoms with Crippen LogP contribution in [0.25, 0.3) is 10.2 Å². The molecule has 1 fully saturated rings. The lowest BCUT2D eigenvalue weighted by atomic mass is 10.2. The Kier molecular flexibility index (Phi) is 5.32. The second kappa shape index (κ2) is 7.87. The van der Waals surface area contributed by atoms with Gasteiger partial charge in [0.2, 0.25) is 0 Å². The van der Waals surface area contributed by atoms with E-state index in [1.54, 1.807) is 11.3 Å². The molecule has 2 aromatic heterocycles. The number of hydrogen-bond donors (Lipinski definition) is 0. The topological polar surface area (TPSA) is 28.5 Å². The highest BCUT2D eigenvalue weighted by atomic mass is 32.1. The Balaban J connectivity index is 1.45. The molecule has 4 rings (SSSR count). The van der Waals surface area contributed by atoms with Crippen LogP contribution in [0.4, 0.5) is 0 Å². The van der Waals surface area contributed by atoms with E-state index >= 15 is 0 Å². The van der Waals surface area contributed by atoms with Crippen molar-refractivity contribution in [1.29, 1.82) is 0 Å². The van der Waals surface area contributed by atoms with Crippen molar-refractivity contribution in [2.45, 2.75) is 33.4 Å². The van der Waals surface area contributed by atoms with Crippen molar-refractivity contribution in [3.05, 3.63) is 58.6 Å². The van der Waals surface area contributed by atoms with Gasteiger partial charge in [-0.15, -0.1) is 11.3 Å². The number of benzene rings is 1. The Morgan fingerprint density at radius 1 is 1.07 bits per heavy atom. The van der Waals surface area contributed by atoms with Crippen LogP contribution in [-0.2, 0) is 13.1 Å². The van der Waals surface area contributed by atoms with Gasteiger partial charge in [0.15, 0.2) is 0 Å². The van der Waals surface area contributed by atoms with Gasteiger partial charge in [-0.2, -0.15) is 0 Å². The molecule has 0 unspecified atom stereocenters. The number of aromatic nitrogens is 1. The number of aryl methyl sites for hydroxylation is 2. The minimum Gasteiger partial charge on any atom is -0.336 e. The van der Waals surface area contributed by atoms with E-state index < -0.39 is 0 Å². The zero-order valence-corrected chi connectivity index (χ0v) is 17.0. The molecule has 0 radical (unpaired) electrons. The first-order chi connectivity index (χ1) is 13.2. The number of piperazine rings is 1. The molecule has 0 aliphatic carbocycles. The van der Waals surface area contributed by atoms with E-state index in [-0.39, 0.29) is 5.91 Å². The average molecular weight is 382 g/mol. The zero-order chi connectivity index (χ0) is 18.8. The molecule has 0 bridgehead atoms. The fraction of sp³-hybridized carbons (Fsp3) is 0.409. The molecule has 3 aromatic rings. The summed E-state index contributed by atoms with van der Waals surface area (Å²) in [6.45, 7) is 9.63. The van der Waals surface area contributed by atoms with E-state index in [0.717, 1.165) is 51.4 Å². The van der Waals surface area contributed by atoms with Gasteiger partial charge in [-0.25, -0.2) is 0 Å². The standard InChI is InChI=1S/C22H27N3OS/c1-3-9-25-19-14-17(2)27-21(19)15-20(25)22(26)24-12-10-23(11-13-24)16-18-7-5-4-6-8-18/h4-8,14-15H,3,9-13,16H2,1-2H3. The molecule has 142 valence electrons. The van der Waals surface area contributed by atoms with Crippen molar-refractivity contribution in [3.63, 3.8) is 0 Å². The fourth-order valence-electron chi connectivity index (χ4n) is 3.92. The Hall–Kier alpha value is -2.11. The molecule has 27 heavy (non-hydrogen) atoms. The molecule has 0 atom stereocenters. The third-order valence-corrected chi connectivity index (χ3v) is 6.27. The van der Waals surface area contributed by atoms with Gasteiger partial charge in [-0.05, 0) is 31.0 Å². The fourth-order valence-corrected chi connectivity index (χ4v) is 4.88. The quantitative estimate of drug-likeness (QED) is 0.656. The van der Waals surface area contributed by atoms with Crippen LogP contribution in [0.3, 0.4) is 0 Å². The third kappa shape index (κ3) is 3.80. The monoisotopic (exact) mass is 381 g/mol. The number of rotatable bonds is 5. The SMILES string of the molecule is CCCn1c(C(=O)N2CCN(Cc3ccccc3)CC2)cc2sc(C)cc21. The van der Waals surface area contributed by atoms with E-state index in [1.807, 2.05) is 4.90 Å². The summed E-state index contributed by atoms with van der Waals surface area (Å²) in [6.07, 6.45) is 1.03. The second-order valence-electron chi connectivity index (χ2n) is 7.34. The lowest BCUT2D eigenvalue weighted by Gasteiger charge is -2.35. The summed E-state index contributed by atoms with van der Waals surface area (Å²) in [4.78, 5) is 19.0. The van der Waals surface area contributed by atoms with Crippen LogP contribution < -0.4 is 0 Å². The van der Waals surface area contributed by atoms with E-state index in [2.05, 4.69) is 65.8 Å². The average Bonchev–Trinajstić information content (AvgIpc) is 3.20. The molecular formula is C22H27N3OS. The summed E-state index contributed by atoms with van der Waals surface area (Å²) < 4.78 is 3.45. The summed E-state index contributed by atoms with van der Waals surface area (Å²) in [5.74, 6) is 0.184. The van der Waals surface area contributed by atoms with Gasteiger partial charge < -0.3 is 9.47 Å². The molecule has 1 aliphatic rings. The van der Waals surface area contributed by atoms with Gasteiger partial charge in [0, 0.05) is 44.1 Å². The molecule has 1 amide bonds. The van der Waals surface area contributed by atoms with Crippen LogP contribution in [0.15, 0.2) is 42.5 Å². The minimum absolute atomic E-state index is 0.184. The molecule has 3 heterocycles. The number of carbonyl (C=O) groups excluding carboxylic acids is 1. The Morgan fingerprint density at radius 3 is 2.52 bits per heavy atom. The maximum Gasteiger partial charge on any atom is 0.270 e. The van der Waals surface area contributed by atoms with Crippen molar-refractivity contribution < 1.29 is 4.79 Å². The second-order valence-corrected chi connectivity index (χ2v) is 8.63. The lowest BCUT2D eigenvalue weighted by Crippen LogP contribution is -2.48. The summed E-state index contributed by atoms with van der Waals surface area (Å²) in [6, 6.07) is 14.9. The summed E-state index contributed by atoms with van der Waals surface area (Å²) in [5.41, 5.74) is 3.41. The Labute approximate surface area is 165 Å².